The highest BCUT2D eigenvalue weighted by Gasteiger charge is 2.12. The van der Waals surface area contributed by atoms with Crippen LogP contribution in [0.25, 0.3) is 11.4 Å². The van der Waals surface area contributed by atoms with Crippen LogP contribution in [0.15, 0.2) is 34.1 Å². The fraction of sp³-hybridized carbons (Fsp3) is 0.333. The van der Waals surface area contributed by atoms with Crippen LogP contribution >= 0.6 is 22.7 Å². The SMILES string of the molecule is Cc1ncccc1OCCOc1nc(-c2csc(NC3=NCCCN3)n2)cs1. The number of aryl methyl sites for hydroxylation is 1. The van der Waals surface area contributed by atoms with Crippen LogP contribution in [0.3, 0.4) is 0 Å². The highest BCUT2D eigenvalue weighted by molar-refractivity contribution is 7.14. The quantitative estimate of drug-likeness (QED) is 0.571. The van der Waals surface area contributed by atoms with Crippen LogP contribution in [0.5, 0.6) is 10.9 Å². The topological polar surface area (TPSA) is 93.5 Å². The van der Waals surface area contributed by atoms with E-state index in [2.05, 4.69) is 30.6 Å². The number of rotatable bonds is 7. The summed E-state index contributed by atoms with van der Waals surface area (Å²) >= 11 is 2.97. The Kier molecular flexibility index (Phi) is 5.98. The molecule has 0 saturated heterocycles. The highest BCUT2D eigenvalue weighted by atomic mass is 32.1. The molecule has 28 heavy (non-hydrogen) atoms. The van der Waals surface area contributed by atoms with Gasteiger partial charge in [-0.2, -0.15) is 0 Å². The van der Waals surface area contributed by atoms with Crippen LogP contribution in [-0.2, 0) is 0 Å². The van der Waals surface area contributed by atoms with Crippen molar-refractivity contribution in [1.82, 2.24) is 20.3 Å². The normalized spacial score (nSPS) is 13.5. The van der Waals surface area contributed by atoms with E-state index < -0.39 is 0 Å². The zero-order chi connectivity index (χ0) is 19.2. The van der Waals surface area contributed by atoms with Crippen molar-refractivity contribution in [2.75, 3.05) is 31.6 Å². The van der Waals surface area contributed by atoms with Crippen LogP contribution in [0.2, 0.25) is 0 Å². The van der Waals surface area contributed by atoms with E-state index in [9.17, 15) is 0 Å². The van der Waals surface area contributed by atoms with Gasteiger partial charge in [-0.05, 0) is 25.5 Å². The first-order valence-corrected chi connectivity index (χ1v) is 10.7. The summed E-state index contributed by atoms with van der Waals surface area (Å²) in [5, 5.41) is 11.7. The lowest BCUT2D eigenvalue weighted by molar-refractivity contribution is 0.215. The van der Waals surface area contributed by atoms with Crippen molar-refractivity contribution >= 4 is 33.8 Å². The lowest BCUT2D eigenvalue weighted by atomic mass is 10.3. The minimum absolute atomic E-state index is 0.413. The van der Waals surface area contributed by atoms with Crippen molar-refractivity contribution < 1.29 is 9.47 Å². The second-order valence-corrected chi connectivity index (χ2v) is 7.63. The number of aliphatic imine (C=N–C) groups is 1. The average molecular weight is 417 g/mol. The Morgan fingerprint density at radius 2 is 2.00 bits per heavy atom. The van der Waals surface area contributed by atoms with Crippen LogP contribution in [-0.4, -0.2) is 47.2 Å². The summed E-state index contributed by atoms with van der Waals surface area (Å²) in [5.41, 5.74) is 2.48. The third kappa shape index (κ3) is 4.76. The van der Waals surface area contributed by atoms with Gasteiger partial charge in [0.15, 0.2) is 11.1 Å². The number of ether oxygens (including phenoxy) is 2. The molecule has 10 heteroatoms. The Balaban J connectivity index is 1.28. The molecule has 0 aliphatic carbocycles. The molecule has 0 bridgehead atoms. The zero-order valence-electron chi connectivity index (χ0n) is 15.3. The van der Waals surface area contributed by atoms with Gasteiger partial charge >= 0.3 is 0 Å². The van der Waals surface area contributed by atoms with Crippen molar-refractivity contribution in [3.63, 3.8) is 0 Å². The Bertz CT molecular complexity index is 955. The molecule has 8 nitrogen and oxygen atoms in total. The summed E-state index contributed by atoms with van der Waals surface area (Å²) < 4.78 is 11.4. The summed E-state index contributed by atoms with van der Waals surface area (Å²) in [6.07, 6.45) is 2.80. The molecule has 2 N–H and O–H groups in total. The molecule has 4 heterocycles. The monoisotopic (exact) mass is 416 g/mol. The number of nitrogens with zero attached hydrogens (tertiary/aromatic N) is 4. The largest absolute Gasteiger partial charge is 0.488 e. The predicted molar refractivity (Wildman–Crippen MR) is 112 cm³/mol. The average Bonchev–Trinajstić information content (AvgIpc) is 3.37. The molecule has 0 fully saturated rings. The summed E-state index contributed by atoms with van der Waals surface area (Å²) in [5.74, 6) is 1.55. The van der Waals surface area contributed by atoms with E-state index in [1.807, 2.05) is 29.8 Å². The third-order valence-electron chi connectivity index (χ3n) is 3.90. The Morgan fingerprint density at radius 3 is 2.86 bits per heavy atom. The second-order valence-electron chi connectivity index (χ2n) is 5.96. The molecule has 0 saturated carbocycles. The molecule has 0 aromatic carbocycles. The first kappa shape index (κ1) is 18.6. The van der Waals surface area contributed by atoms with Crippen LogP contribution in [0.1, 0.15) is 12.1 Å². The van der Waals surface area contributed by atoms with E-state index >= 15 is 0 Å². The van der Waals surface area contributed by atoms with Gasteiger partial charge < -0.3 is 20.1 Å². The van der Waals surface area contributed by atoms with Crippen LogP contribution in [0, 0.1) is 6.92 Å². The lowest BCUT2D eigenvalue weighted by Gasteiger charge is -2.13. The van der Waals surface area contributed by atoms with Gasteiger partial charge in [-0.1, -0.05) is 11.3 Å². The molecule has 0 radical (unpaired) electrons. The number of anilines is 1. The first-order valence-electron chi connectivity index (χ1n) is 8.92. The first-order chi connectivity index (χ1) is 13.8. The Labute approximate surface area is 170 Å². The maximum absolute atomic E-state index is 5.69. The molecule has 4 rings (SSSR count). The molecule has 146 valence electrons. The molecule has 1 aliphatic rings. The zero-order valence-corrected chi connectivity index (χ0v) is 17.0. The summed E-state index contributed by atoms with van der Waals surface area (Å²) in [4.78, 5) is 17.7. The molecule has 0 amide bonds. The van der Waals surface area contributed by atoms with Crippen molar-refractivity contribution in [2.24, 2.45) is 4.99 Å². The smallest absolute Gasteiger partial charge is 0.273 e. The maximum Gasteiger partial charge on any atom is 0.273 e. The number of pyridine rings is 1. The molecule has 0 spiro atoms. The molecule has 3 aromatic rings. The van der Waals surface area contributed by atoms with Crippen LogP contribution < -0.4 is 20.1 Å². The number of hydrogen-bond donors (Lipinski definition) is 2. The van der Waals surface area contributed by atoms with Gasteiger partial charge in [-0.15, -0.1) is 11.3 Å². The molecular formula is C18H20N6O2S2. The maximum atomic E-state index is 5.69. The number of guanidine groups is 1. The molecule has 3 aromatic heterocycles. The van der Waals surface area contributed by atoms with E-state index in [0.29, 0.717) is 18.4 Å². The van der Waals surface area contributed by atoms with Gasteiger partial charge in [0.05, 0.1) is 5.69 Å². The van der Waals surface area contributed by atoms with E-state index in [0.717, 1.165) is 53.4 Å². The van der Waals surface area contributed by atoms with Gasteiger partial charge in [0.2, 0.25) is 0 Å². The highest BCUT2D eigenvalue weighted by Crippen LogP contribution is 2.29. The minimum Gasteiger partial charge on any atom is -0.488 e. The molecule has 0 atom stereocenters. The van der Waals surface area contributed by atoms with Crippen molar-refractivity contribution in [1.29, 1.82) is 0 Å². The number of thiazole rings is 2. The van der Waals surface area contributed by atoms with Gasteiger partial charge in [0.25, 0.3) is 5.19 Å². The standard InChI is InChI=1S/C18H20N6O2S2/c1-12-15(4-2-5-19-12)25-8-9-26-18-23-14(11-28-18)13-10-27-17(22-13)24-16-20-6-3-7-21-16/h2,4-5,10-11H,3,6-9H2,1H3,(H2,20,21,22,24). The fourth-order valence-electron chi connectivity index (χ4n) is 2.51. The number of nitrogens with one attached hydrogen (secondary N) is 2. The summed E-state index contributed by atoms with van der Waals surface area (Å²) in [6.45, 7) is 4.53. The summed E-state index contributed by atoms with van der Waals surface area (Å²) in [7, 11) is 0. The Hall–Kier alpha value is -2.72. The Morgan fingerprint density at radius 1 is 1.14 bits per heavy atom. The molecule has 0 unspecified atom stereocenters. The predicted octanol–water partition coefficient (Wildman–Crippen LogP) is 3.19. The third-order valence-corrected chi connectivity index (χ3v) is 5.41. The minimum atomic E-state index is 0.413. The van der Waals surface area contributed by atoms with Gasteiger partial charge in [-0.25, -0.2) is 9.97 Å². The van der Waals surface area contributed by atoms with E-state index in [-0.39, 0.29) is 0 Å². The lowest BCUT2D eigenvalue weighted by Crippen LogP contribution is -2.35. The van der Waals surface area contributed by atoms with Gasteiger partial charge in [0.1, 0.15) is 30.4 Å². The van der Waals surface area contributed by atoms with Crippen LogP contribution in [0.4, 0.5) is 5.13 Å². The van der Waals surface area contributed by atoms with Gasteiger partial charge in [0, 0.05) is 30.0 Å². The molecule has 1 aliphatic heterocycles. The summed E-state index contributed by atoms with van der Waals surface area (Å²) in [6, 6.07) is 3.75. The molecular weight excluding hydrogens is 396 g/mol. The number of aromatic nitrogens is 3. The second kappa shape index (κ2) is 8.98. The number of hydrogen-bond acceptors (Lipinski definition) is 10. The van der Waals surface area contributed by atoms with Crippen molar-refractivity contribution in [3.05, 3.63) is 34.8 Å². The van der Waals surface area contributed by atoms with Gasteiger partial charge in [-0.3, -0.25) is 9.98 Å². The van der Waals surface area contributed by atoms with E-state index in [4.69, 9.17) is 9.47 Å². The van der Waals surface area contributed by atoms with E-state index in [1.165, 1.54) is 22.7 Å². The van der Waals surface area contributed by atoms with E-state index in [1.54, 1.807) is 6.20 Å². The van der Waals surface area contributed by atoms with Crippen molar-refractivity contribution in [2.45, 2.75) is 13.3 Å². The van der Waals surface area contributed by atoms with Crippen molar-refractivity contribution in [3.8, 4) is 22.3 Å². The fourth-order valence-corrected chi connectivity index (χ4v) is 3.90.